The molecule has 0 atom stereocenters. The molecule has 0 aliphatic heterocycles. The van der Waals surface area contributed by atoms with Crippen LogP contribution in [0.15, 0.2) is 0 Å². The van der Waals surface area contributed by atoms with Crippen LogP contribution < -0.4 is 44.0 Å². The third-order valence-corrected chi connectivity index (χ3v) is 0. The molecule has 1 radical (unpaired) electrons. The summed E-state index contributed by atoms with van der Waals surface area (Å²) in [6.07, 6.45) is 0. The zero-order chi connectivity index (χ0) is 13.5. The van der Waals surface area contributed by atoms with Gasteiger partial charge in [-0.25, -0.2) is 0 Å². The first-order valence-corrected chi connectivity index (χ1v) is 7.63. The van der Waals surface area contributed by atoms with Crippen LogP contribution in [0.25, 0.3) is 0 Å². The van der Waals surface area contributed by atoms with E-state index in [-0.39, 0.29) is 52.7 Å². The summed E-state index contributed by atoms with van der Waals surface area (Å²) in [7, 11) is 0. The van der Waals surface area contributed by atoms with Crippen LogP contribution in [0.4, 0.5) is 0 Å². The molecular weight excluding hydrogens is 474 g/mol. The van der Waals surface area contributed by atoms with Gasteiger partial charge in [0, 0.05) is 0 Å². The summed E-state index contributed by atoms with van der Waals surface area (Å²) in [6, 6.07) is 0. The predicted molar refractivity (Wildman–Crippen MR) is 4.12 cm³/mol. The van der Waals surface area contributed by atoms with E-state index >= 15 is 0 Å². The standard InChI is InChI=1S/Cr.Li.3Mn.Ni.12O/q+3;+1;;;;+2;;;;;;;6*-1. The molecule has 0 fully saturated rings. The Labute approximate surface area is 139 Å². The zero-order valence-corrected chi connectivity index (χ0v) is 13.6. The van der Waals surface area contributed by atoms with Crippen molar-refractivity contribution in [3.8, 4) is 0 Å². The normalized spacial score (nSPS) is 9.67. The molecule has 0 saturated heterocycles. The molecule has 0 aliphatic rings. The van der Waals surface area contributed by atoms with Crippen LogP contribution in [0, 0.1) is 0 Å². The van der Waals surface area contributed by atoms with E-state index in [1.165, 1.54) is 0 Å². The molecule has 0 bridgehead atoms. The molecule has 0 amide bonds. The Morgan fingerprint density at radius 3 is 0.500 bits per heavy atom. The summed E-state index contributed by atoms with van der Waals surface area (Å²) in [5.41, 5.74) is 0. The second-order valence-corrected chi connectivity index (χ2v) is 4.68. The third kappa shape index (κ3) is 1640. The quantitative estimate of drug-likeness (QED) is 0.297. The van der Waals surface area contributed by atoms with Crippen molar-refractivity contribution < 1.29 is 141 Å². The van der Waals surface area contributed by atoms with Crippen molar-refractivity contribution in [3.05, 3.63) is 0 Å². The molecule has 0 aromatic heterocycles. The van der Waals surface area contributed by atoms with Crippen molar-refractivity contribution in [2.24, 2.45) is 0 Å². The molecular formula is CrLiMn3NiO12. The second kappa shape index (κ2) is 15.1. The van der Waals surface area contributed by atoms with Gasteiger partial charge in [0.15, 0.2) is 0 Å². The summed E-state index contributed by atoms with van der Waals surface area (Å²) in [5.74, 6) is 0. The van der Waals surface area contributed by atoms with Crippen LogP contribution in [0.1, 0.15) is 0 Å². The molecule has 0 saturated carbocycles. The predicted octanol–water partition coefficient (Wildman–Crippen LogP) is -10.9. The SMILES string of the molecule is [Cr+3].[Li+].[Ni+2].[O]=[Mn](=[O])([O-])[O-].[O]=[Mn](=[O])([O-])[O-].[O]=[Mn](=[O])([O-])[O-]. The van der Waals surface area contributed by atoms with E-state index in [1.807, 2.05) is 0 Å². The molecule has 0 unspecified atom stereocenters. The Balaban J connectivity index is -0.0000000277. The van der Waals surface area contributed by atoms with Gasteiger partial charge in [-0.1, -0.05) is 0 Å². The summed E-state index contributed by atoms with van der Waals surface area (Å²) in [6.45, 7) is 0. The Bertz CT molecular complexity index is 348. The topological polar surface area (TPSA) is 241 Å². The first-order valence-electron chi connectivity index (χ1n) is 1.85. The molecule has 18 heavy (non-hydrogen) atoms. The molecule has 0 aromatic rings. The molecule has 12 nitrogen and oxygen atoms in total. The monoisotopic (exact) mass is 474 g/mol. The third-order valence-electron chi connectivity index (χ3n) is 0. The van der Waals surface area contributed by atoms with Gasteiger partial charge in [-0.3, -0.25) is 0 Å². The molecule has 0 aromatic carbocycles. The van der Waals surface area contributed by atoms with Crippen molar-refractivity contribution in [2.45, 2.75) is 0 Å². The van der Waals surface area contributed by atoms with Crippen LogP contribution in [0.3, 0.4) is 0 Å². The van der Waals surface area contributed by atoms with Crippen LogP contribution in [0.2, 0.25) is 0 Å². The summed E-state index contributed by atoms with van der Waals surface area (Å²) >= 11 is -16.9. The summed E-state index contributed by atoms with van der Waals surface area (Å²) < 4.78 is 103. The first-order chi connectivity index (χ1) is 6.00. The maximum absolute atomic E-state index is 8.58. The minimum absolute atomic E-state index is 0. The number of hydrogen-bond acceptors (Lipinski definition) is 12. The molecule has 0 aliphatic carbocycles. The van der Waals surface area contributed by atoms with E-state index in [1.54, 1.807) is 0 Å². The van der Waals surface area contributed by atoms with Crippen LogP contribution in [-0.4, -0.2) is 0 Å². The van der Waals surface area contributed by atoms with Crippen LogP contribution in [0.5, 0.6) is 0 Å². The van der Waals surface area contributed by atoms with Crippen molar-refractivity contribution in [1.82, 2.24) is 0 Å². The van der Waals surface area contributed by atoms with Gasteiger partial charge in [-0.15, -0.1) is 0 Å². The average Bonchev–Trinajstić information content (AvgIpc) is 1.41. The van der Waals surface area contributed by atoms with E-state index in [0.717, 1.165) is 0 Å². The van der Waals surface area contributed by atoms with E-state index in [4.69, 9.17) is 48.1 Å². The molecule has 18 heteroatoms. The van der Waals surface area contributed by atoms with Gasteiger partial charge in [0.05, 0.1) is 0 Å². The Morgan fingerprint density at radius 1 is 0.500 bits per heavy atom. The van der Waals surface area contributed by atoms with Gasteiger partial charge in [-0.2, -0.15) is 0 Å². The van der Waals surface area contributed by atoms with Gasteiger partial charge < -0.3 is 0 Å². The Morgan fingerprint density at radius 2 is 0.500 bits per heavy atom. The van der Waals surface area contributed by atoms with E-state index < -0.39 is 40.1 Å². The van der Waals surface area contributed by atoms with Crippen molar-refractivity contribution in [2.75, 3.05) is 0 Å². The fourth-order valence-corrected chi connectivity index (χ4v) is 0. The van der Waals surface area contributed by atoms with Crippen molar-refractivity contribution >= 4 is 0 Å². The van der Waals surface area contributed by atoms with E-state index in [2.05, 4.69) is 0 Å². The van der Waals surface area contributed by atoms with Gasteiger partial charge in [0.1, 0.15) is 0 Å². The van der Waals surface area contributed by atoms with Gasteiger partial charge in [-0.05, 0) is 0 Å². The Hall–Kier alpha value is 1.74. The number of rotatable bonds is 0. The van der Waals surface area contributed by atoms with E-state index in [9.17, 15) is 0 Å². The van der Waals surface area contributed by atoms with Crippen molar-refractivity contribution in [3.63, 3.8) is 0 Å². The fraction of sp³-hybridized carbons (Fsp3) is 0. The molecule has 0 heterocycles. The minimum atomic E-state index is -5.62. The molecule has 0 N–H and O–H groups in total. The Kier molecular flexibility index (Phi) is 30.9. The molecule has 0 rings (SSSR count). The fourth-order valence-electron chi connectivity index (χ4n) is 0. The molecule has 110 valence electrons. The van der Waals surface area contributed by atoms with E-state index in [0.29, 0.717) is 0 Å². The van der Waals surface area contributed by atoms with Gasteiger partial charge in [0.25, 0.3) is 0 Å². The van der Waals surface area contributed by atoms with Gasteiger partial charge in [0.2, 0.25) is 0 Å². The summed E-state index contributed by atoms with van der Waals surface area (Å²) in [4.78, 5) is 0. The van der Waals surface area contributed by atoms with Crippen LogP contribution in [-0.2, 0) is 97.0 Å². The van der Waals surface area contributed by atoms with Crippen LogP contribution >= 0.6 is 0 Å². The number of hydrogen-bond donors (Lipinski definition) is 0. The van der Waals surface area contributed by atoms with Gasteiger partial charge >= 0.3 is 141 Å². The zero-order valence-electron chi connectivity index (χ0n) is 7.76. The maximum atomic E-state index is 8.58. The first kappa shape index (κ1) is 36.7. The van der Waals surface area contributed by atoms with Crippen molar-refractivity contribution in [1.29, 1.82) is 0 Å². The second-order valence-electron chi connectivity index (χ2n) is 1.13. The summed E-state index contributed by atoms with van der Waals surface area (Å²) in [5, 5.41) is 0. The molecule has 0 spiro atoms. The average molecular weight is 474 g/mol.